The van der Waals surface area contributed by atoms with Crippen molar-refractivity contribution in [1.29, 1.82) is 0 Å². The number of nitrogens with one attached hydrogen (secondary N) is 1. The molecule has 1 aliphatic heterocycles. The summed E-state index contributed by atoms with van der Waals surface area (Å²) in [7, 11) is 3.47. The van der Waals surface area contributed by atoms with Gasteiger partial charge in [-0.1, -0.05) is 15.9 Å². The van der Waals surface area contributed by atoms with Gasteiger partial charge in [-0.2, -0.15) is 0 Å². The van der Waals surface area contributed by atoms with E-state index in [1.807, 2.05) is 31.3 Å². The third-order valence-electron chi connectivity index (χ3n) is 3.97. The van der Waals surface area contributed by atoms with Crippen LogP contribution in [0.4, 0.5) is 0 Å². The average molecular weight is 371 g/mol. The van der Waals surface area contributed by atoms with Gasteiger partial charge in [0.25, 0.3) is 0 Å². The van der Waals surface area contributed by atoms with Gasteiger partial charge in [0.2, 0.25) is 5.91 Å². The van der Waals surface area contributed by atoms with Crippen LogP contribution in [0.3, 0.4) is 0 Å². The Morgan fingerprint density at radius 1 is 1.41 bits per heavy atom. The van der Waals surface area contributed by atoms with Crippen LogP contribution in [0.25, 0.3) is 0 Å². The SMILES string of the molecule is COCC1(C(=O)N(C)CCOc2ccc(Br)cc2)CCNC1. The Bertz CT molecular complexity index is 487. The predicted octanol–water partition coefficient (Wildman–Crippen LogP) is 1.91. The number of methoxy groups -OCH3 is 1. The zero-order valence-corrected chi connectivity index (χ0v) is 14.7. The Labute approximate surface area is 140 Å². The summed E-state index contributed by atoms with van der Waals surface area (Å²) < 4.78 is 12.0. The number of amides is 1. The Hall–Kier alpha value is -1.11. The maximum Gasteiger partial charge on any atom is 0.232 e. The molecule has 6 heteroatoms. The number of hydrogen-bond acceptors (Lipinski definition) is 4. The number of ether oxygens (including phenoxy) is 2. The number of carbonyl (C=O) groups is 1. The van der Waals surface area contributed by atoms with Crippen LogP contribution in [0.5, 0.6) is 5.75 Å². The van der Waals surface area contributed by atoms with Crippen molar-refractivity contribution < 1.29 is 14.3 Å². The van der Waals surface area contributed by atoms with Crippen LogP contribution in [-0.2, 0) is 9.53 Å². The molecule has 122 valence electrons. The molecule has 22 heavy (non-hydrogen) atoms. The summed E-state index contributed by atoms with van der Waals surface area (Å²) in [5.74, 6) is 0.928. The van der Waals surface area contributed by atoms with Crippen molar-refractivity contribution in [1.82, 2.24) is 10.2 Å². The van der Waals surface area contributed by atoms with Crippen LogP contribution in [0.15, 0.2) is 28.7 Å². The zero-order valence-electron chi connectivity index (χ0n) is 13.1. The second-order valence-electron chi connectivity index (χ2n) is 5.67. The highest BCUT2D eigenvalue weighted by atomic mass is 79.9. The molecule has 1 saturated heterocycles. The van der Waals surface area contributed by atoms with E-state index in [2.05, 4.69) is 21.2 Å². The van der Waals surface area contributed by atoms with Gasteiger partial charge in [0.05, 0.1) is 18.6 Å². The van der Waals surface area contributed by atoms with Gasteiger partial charge >= 0.3 is 0 Å². The molecule has 1 aromatic rings. The topological polar surface area (TPSA) is 50.8 Å². The first-order valence-electron chi connectivity index (χ1n) is 7.41. The van der Waals surface area contributed by atoms with Crippen LogP contribution in [0, 0.1) is 5.41 Å². The first-order valence-corrected chi connectivity index (χ1v) is 8.20. The number of rotatable bonds is 7. The molecule has 1 amide bonds. The number of carbonyl (C=O) groups excluding carboxylic acids is 1. The minimum atomic E-state index is -0.429. The largest absolute Gasteiger partial charge is 0.492 e. The quantitative estimate of drug-likeness (QED) is 0.796. The smallest absolute Gasteiger partial charge is 0.232 e. The van der Waals surface area contributed by atoms with Crippen LogP contribution < -0.4 is 10.1 Å². The van der Waals surface area contributed by atoms with Gasteiger partial charge in [0.1, 0.15) is 12.4 Å². The van der Waals surface area contributed by atoms with E-state index < -0.39 is 5.41 Å². The van der Waals surface area contributed by atoms with E-state index in [9.17, 15) is 4.79 Å². The van der Waals surface area contributed by atoms with Crippen molar-refractivity contribution in [2.45, 2.75) is 6.42 Å². The molecule has 0 aromatic heterocycles. The molecule has 2 rings (SSSR count). The van der Waals surface area contributed by atoms with Crippen LogP contribution in [0.2, 0.25) is 0 Å². The van der Waals surface area contributed by atoms with Crippen molar-refractivity contribution in [3.63, 3.8) is 0 Å². The number of hydrogen-bond donors (Lipinski definition) is 1. The number of benzene rings is 1. The van der Waals surface area contributed by atoms with Gasteiger partial charge < -0.3 is 19.7 Å². The maximum atomic E-state index is 12.7. The maximum absolute atomic E-state index is 12.7. The Morgan fingerprint density at radius 3 is 2.73 bits per heavy atom. The normalized spacial score (nSPS) is 20.9. The third kappa shape index (κ3) is 4.21. The molecular weight excluding hydrogens is 348 g/mol. The molecule has 1 N–H and O–H groups in total. The molecule has 5 nitrogen and oxygen atoms in total. The van der Waals surface area contributed by atoms with Crippen molar-refractivity contribution in [2.24, 2.45) is 5.41 Å². The minimum absolute atomic E-state index is 0.124. The molecule has 0 saturated carbocycles. The van der Waals surface area contributed by atoms with Gasteiger partial charge in [0.15, 0.2) is 0 Å². The van der Waals surface area contributed by atoms with Gasteiger partial charge in [-0.05, 0) is 37.2 Å². The summed E-state index contributed by atoms with van der Waals surface area (Å²) in [5.41, 5.74) is -0.429. The number of nitrogens with zero attached hydrogens (tertiary/aromatic N) is 1. The molecule has 0 bridgehead atoms. The monoisotopic (exact) mass is 370 g/mol. The van der Waals surface area contributed by atoms with Gasteiger partial charge in [-0.25, -0.2) is 0 Å². The fraction of sp³-hybridized carbons (Fsp3) is 0.562. The fourth-order valence-corrected chi connectivity index (χ4v) is 2.99. The van der Waals surface area contributed by atoms with E-state index in [1.165, 1.54) is 0 Å². The van der Waals surface area contributed by atoms with E-state index in [0.717, 1.165) is 23.2 Å². The summed E-state index contributed by atoms with van der Waals surface area (Å²) in [5, 5.41) is 3.26. The molecule has 1 aliphatic rings. The van der Waals surface area contributed by atoms with Crippen molar-refractivity contribution >= 4 is 21.8 Å². The molecule has 1 unspecified atom stereocenters. The molecular formula is C16H23BrN2O3. The van der Waals surface area contributed by atoms with Crippen LogP contribution in [0.1, 0.15) is 6.42 Å². The summed E-state index contributed by atoms with van der Waals surface area (Å²) in [6, 6.07) is 7.67. The lowest BCUT2D eigenvalue weighted by atomic mass is 9.86. The Balaban J connectivity index is 1.84. The summed E-state index contributed by atoms with van der Waals surface area (Å²) in [6.07, 6.45) is 0.817. The lowest BCUT2D eigenvalue weighted by Gasteiger charge is -2.31. The van der Waals surface area contributed by atoms with Crippen molar-refractivity contribution in [3.8, 4) is 5.75 Å². The van der Waals surface area contributed by atoms with Crippen LogP contribution in [-0.4, -0.2) is 57.8 Å². The second-order valence-corrected chi connectivity index (χ2v) is 6.58. The van der Waals surface area contributed by atoms with Crippen LogP contribution >= 0.6 is 15.9 Å². The van der Waals surface area contributed by atoms with Gasteiger partial charge in [0, 0.05) is 25.2 Å². The second kappa shape index (κ2) is 7.94. The van der Waals surface area contributed by atoms with Gasteiger partial charge in [-0.15, -0.1) is 0 Å². The van der Waals surface area contributed by atoms with Gasteiger partial charge in [-0.3, -0.25) is 4.79 Å². The molecule has 0 spiro atoms. The first kappa shape index (κ1) is 17.2. The minimum Gasteiger partial charge on any atom is -0.492 e. The third-order valence-corrected chi connectivity index (χ3v) is 4.50. The first-order chi connectivity index (χ1) is 10.6. The average Bonchev–Trinajstić information content (AvgIpc) is 2.98. The molecule has 0 aliphatic carbocycles. The molecule has 1 heterocycles. The molecule has 1 fully saturated rings. The lowest BCUT2D eigenvalue weighted by Crippen LogP contribution is -2.47. The summed E-state index contributed by atoms with van der Waals surface area (Å²) >= 11 is 3.39. The van der Waals surface area contributed by atoms with Crippen molar-refractivity contribution in [3.05, 3.63) is 28.7 Å². The Morgan fingerprint density at radius 2 is 2.14 bits per heavy atom. The van der Waals surface area contributed by atoms with E-state index >= 15 is 0 Å². The zero-order chi connectivity index (χ0) is 16.0. The number of halogens is 1. The van der Waals surface area contributed by atoms with E-state index in [0.29, 0.717) is 26.3 Å². The van der Waals surface area contributed by atoms with E-state index in [1.54, 1.807) is 12.0 Å². The fourth-order valence-electron chi connectivity index (χ4n) is 2.73. The molecule has 1 aromatic carbocycles. The molecule has 1 atom stereocenters. The standard InChI is InChI=1S/C16H23BrN2O3/c1-19(9-10-22-14-5-3-13(17)4-6-14)15(20)16(12-21-2)7-8-18-11-16/h3-6,18H,7-12H2,1-2H3. The lowest BCUT2D eigenvalue weighted by molar-refractivity contribution is -0.143. The van der Waals surface area contributed by atoms with E-state index in [4.69, 9.17) is 9.47 Å². The van der Waals surface area contributed by atoms with Crippen molar-refractivity contribution in [2.75, 3.05) is 47.0 Å². The highest BCUT2D eigenvalue weighted by Gasteiger charge is 2.42. The molecule has 0 radical (unpaired) electrons. The summed E-state index contributed by atoms with van der Waals surface area (Å²) in [4.78, 5) is 14.4. The highest BCUT2D eigenvalue weighted by Crippen LogP contribution is 2.28. The predicted molar refractivity (Wildman–Crippen MR) is 89.1 cm³/mol. The highest BCUT2D eigenvalue weighted by molar-refractivity contribution is 9.10. The summed E-state index contributed by atoms with van der Waals surface area (Å²) in [6.45, 7) is 3.02. The number of likely N-dealkylation sites (N-methyl/N-ethyl adjacent to an activating group) is 1. The van der Waals surface area contributed by atoms with E-state index in [-0.39, 0.29) is 5.91 Å². The Kier molecular flexibility index (Phi) is 6.23.